The molecule has 36 valence electrons. The zero-order chi connectivity index (χ0) is 4.57. The summed E-state index contributed by atoms with van der Waals surface area (Å²) in [5.74, 6) is 0. The summed E-state index contributed by atoms with van der Waals surface area (Å²) in [5.41, 5.74) is 1.38. The second kappa shape index (κ2) is 1.86. The van der Waals surface area contributed by atoms with Gasteiger partial charge in [0.25, 0.3) is 0 Å². The minimum atomic E-state index is -0.764. The third-order valence-corrected chi connectivity index (χ3v) is 14.4. The van der Waals surface area contributed by atoms with Crippen molar-refractivity contribution in [3.63, 3.8) is 0 Å². The number of halogens is 2. The summed E-state index contributed by atoms with van der Waals surface area (Å²) in [4.78, 5) is 0. The maximum absolute atomic E-state index is 5.74. The first kappa shape index (κ1) is 5.16. The van der Waals surface area contributed by atoms with Crippen LogP contribution < -0.4 is 0 Å². The van der Waals surface area contributed by atoms with Crippen molar-refractivity contribution in [1.29, 1.82) is 0 Å². The molecular formula is C2H6Cl2Si2. The molecule has 0 aromatic heterocycles. The van der Waals surface area contributed by atoms with Gasteiger partial charge in [-0.05, 0) is 0 Å². The molecule has 0 spiro atoms. The largest absolute Gasteiger partial charge is 0.171 e. The first-order chi connectivity index (χ1) is 2.80. The van der Waals surface area contributed by atoms with Crippen molar-refractivity contribution in [3.8, 4) is 0 Å². The molecular weight excluding hydrogens is 151 g/mol. The molecule has 0 radical (unpaired) electrons. The molecule has 0 amide bonds. The van der Waals surface area contributed by atoms with Crippen LogP contribution >= 0.6 is 22.7 Å². The Morgan fingerprint density at radius 2 is 2.33 bits per heavy atom. The summed E-state index contributed by atoms with van der Waals surface area (Å²) in [6.07, 6.45) is 0. The SMILES string of the molecule is ClC1[SiH2]C[SiH]1Cl. The maximum atomic E-state index is 5.74. The summed E-state index contributed by atoms with van der Waals surface area (Å²) in [6.45, 7) is 0. The molecule has 1 aliphatic heterocycles. The van der Waals surface area contributed by atoms with E-state index in [1.165, 1.54) is 5.67 Å². The summed E-state index contributed by atoms with van der Waals surface area (Å²) in [5, 5.41) is 0. The van der Waals surface area contributed by atoms with Gasteiger partial charge in [0.05, 0.1) is 0 Å². The Hall–Kier alpha value is 1.01. The van der Waals surface area contributed by atoms with Gasteiger partial charge in [0.15, 0.2) is 8.11 Å². The van der Waals surface area contributed by atoms with E-state index in [1.54, 1.807) is 0 Å². The zero-order valence-electron chi connectivity index (χ0n) is 3.32. The Bertz CT molecular complexity index is 49.5. The Labute approximate surface area is 51.0 Å². The molecule has 0 nitrogen and oxygen atoms in total. The van der Waals surface area contributed by atoms with E-state index in [1.807, 2.05) is 0 Å². The van der Waals surface area contributed by atoms with Crippen LogP contribution in [0.1, 0.15) is 0 Å². The highest BCUT2D eigenvalue weighted by Gasteiger charge is 2.28. The molecule has 0 N–H and O–H groups in total. The molecule has 2 unspecified atom stereocenters. The smallest absolute Gasteiger partial charge is 0.152 e. The summed E-state index contributed by atoms with van der Waals surface area (Å²) in [6, 6.07) is 0. The van der Waals surface area contributed by atoms with E-state index in [0.29, 0.717) is 4.62 Å². The van der Waals surface area contributed by atoms with Crippen molar-refractivity contribution in [2.75, 3.05) is 0 Å². The highest BCUT2D eigenvalue weighted by molar-refractivity contribution is 7.22. The second-order valence-corrected chi connectivity index (χ2v) is 11.3. The lowest BCUT2D eigenvalue weighted by molar-refractivity contribution is 1.60. The van der Waals surface area contributed by atoms with Crippen molar-refractivity contribution in [1.82, 2.24) is 0 Å². The quantitative estimate of drug-likeness (QED) is 0.267. The van der Waals surface area contributed by atoms with E-state index < -0.39 is 8.11 Å². The van der Waals surface area contributed by atoms with E-state index in [9.17, 15) is 0 Å². The molecule has 1 aliphatic rings. The normalized spacial score (nSPS) is 49.0. The predicted octanol–water partition coefficient (Wildman–Crippen LogP) is 0.193. The summed E-state index contributed by atoms with van der Waals surface area (Å²) in [7, 11) is -0.587. The molecule has 1 heterocycles. The van der Waals surface area contributed by atoms with Crippen molar-refractivity contribution in [3.05, 3.63) is 0 Å². The van der Waals surface area contributed by atoms with Gasteiger partial charge in [-0.2, -0.15) is 11.1 Å². The average Bonchev–Trinajstić information content (AvgIpc) is 1.61. The van der Waals surface area contributed by atoms with Gasteiger partial charge in [-0.15, -0.1) is 11.6 Å². The lowest BCUT2D eigenvalue weighted by Gasteiger charge is -2.22. The Morgan fingerprint density at radius 3 is 2.33 bits per heavy atom. The van der Waals surface area contributed by atoms with Gasteiger partial charge < -0.3 is 0 Å². The zero-order valence-corrected chi connectivity index (χ0v) is 7.41. The lowest BCUT2D eigenvalue weighted by Crippen LogP contribution is -2.39. The molecule has 1 fully saturated rings. The Balaban J connectivity index is 2.20. The van der Waals surface area contributed by atoms with Crippen LogP contribution in [0.3, 0.4) is 0 Å². The fraction of sp³-hybridized carbons (Fsp3) is 1.00. The molecule has 0 bridgehead atoms. The highest BCUT2D eigenvalue weighted by atomic mass is 35.6. The predicted molar refractivity (Wildman–Crippen MR) is 36.0 cm³/mol. The third-order valence-electron chi connectivity index (χ3n) is 1.11. The topological polar surface area (TPSA) is 0 Å². The minimum Gasteiger partial charge on any atom is -0.171 e. The van der Waals surface area contributed by atoms with Crippen LogP contribution in [0.4, 0.5) is 0 Å². The average molecular weight is 157 g/mol. The van der Waals surface area contributed by atoms with Crippen LogP contribution in [0.2, 0.25) is 5.67 Å². The number of alkyl halides is 1. The van der Waals surface area contributed by atoms with Crippen LogP contribution in [-0.4, -0.2) is 22.2 Å². The van der Waals surface area contributed by atoms with E-state index in [2.05, 4.69) is 0 Å². The molecule has 0 aromatic carbocycles. The van der Waals surface area contributed by atoms with Crippen LogP contribution in [0.25, 0.3) is 0 Å². The van der Waals surface area contributed by atoms with Gasteiger partial charge in [0.1, 0.15) is 0 Å². The van der Waals surface area contributed by atoms with Crippen LogP contribution in [0.5, 0.6) is 0 Å². The minimum absolute atomic E-state index is 0.177. The fourth-order valence-electron chi connectivity index (χ4n) is 0.419. The molecule has 1 rings (SSSR count). The second-order valence-electron chi connectivity index (χ2n) is 1.61. The molecule has 0 aliphatic carbocycles. The molecule has 1 saturated heterocycles. The van der Waals surface area contributed by atoms with E-state index >= 15 is 0 Å². The van der Waals surface area contributed by atoms with Gasteiger partial charge in [-0.1, -0.05) is 5.67 Å². The van der Waals surface area contributed by atoms with E-state index in [4.69, 9.17) is 22.7 Å². The Morgan fingerprint density at radius 1 is 1.83 bits per heavy atom. The van der Waals surface area contributed by atoms with Gasteiger partial charge in [0.2, 0.25) is 0 Å². The van der Waals surface area contributed by atoms with Crippen LogP contribution in [0, 0.1) is 0 Å². The van der Waals surface area contributed by atoms with E-state index in [-0.39, 0.29) is 9.52 Å². The number of hydrogen-bond donors (Lipinski definition) is 0. The van der Waals surface area contributed by atoms with Gasteiger partial charge in [-0.3, -0.25) is 0 Å². The monoisotopic (exact) mass is 156 g/mol. The number of rotatable bonds is 0. The van der Waals surface area contributed by atoms with Crippen LogP contribution in [-0.2, 0) is 0 Å². The summed E-state index contributed by atoms with van der Waals surface area (Å²) < 4.78 is 0.548. The molecule has 2 atom stereocenters. The lowest BCUT2D eigenvalue weighted by atomic mass is 11.7. The summed E-state index contributed by atoms with van der Waals surface area (Å²) >= 11 is 11.4. The number of hydrogen-bond acceptors (Lipinski definition) is 0. The highest BCUT2D eigenvalue weighted by Crippen LogP contribution is 2.19. The van der Waals surface area contributed by atoms with Crippen LogP contribution in [0.15, 0.2) is 0 Å². The Kier molecular flexibility index (Phi) is 1.60. The standard InChI is InChI=1S/C2H6Cl2Si2/c3-2-5-1-6(2)4/h2,6H,1,5H2. The van der Waals surface area contributed by atoms with E-state index in [0.717, 1.165) is 0 Å². The maximum Gasteiger partial charge on any atom is 0.152 e. The third kappa shape index (κ3) is 0.806. The van der Waals surface area contributed by atoms with Crippen molar-refractivity contribution in [2.24, 2.45) is 0 Å². The first-order valence-electron chi connectivity index (χ1n) is 2.09. The van der Waals surface area contributed by atoms with Gasteiger partial charge >= 0.3 is 0 Å². The molecule has 0 saturated carbocycles. The first-order valence-corrected chi connectivity index (χ1v) is 7.57. The molecule has 0 aromatic rings. The van der Waals surface area contributed by atoms with Crippen molar-refractivity contribution < 1.29 is 0 Å². The van der Waals surface area contributed by atoms with Crippen molar-refractivity contribution in [2.45, 2.75) is 10.3 Å². The molecule has 6 heavy (non-hydrogen) atoms. The fourth-order valence-corrected chi connectivity index (χ4v) is 8.30. The van der Waals surface area contributed by atoms with Crippen molar-refractivity contribution >= 4 is 40.3 Å². The van der Waals surface area contributed by atoms with Gasteiger partial charge in [-0.25, -0.2) is 0 Å². The van der Waals surface area contributed by atoms with Gasteiger partial charge in [0, 0.05) is 14.1 Å². The molecule has 4 heteroatoms.